The van der Waals surface area contributed by atoms with Crippen molar-refractivity contribution < 1.29 is 4.74 Å². The Hall–Kier alpha value is 0.540. The maximum Gasteiger partial charge on any atom is 0.0469 e. The molecule has 0 fully saturated rings. The summed E-state index contributed by atoms with van der Waals surface area (Å²) in [6, 6.07) is 0. The Balaban J connectivity index is 3.32. The molecule has 0 spiro atoms. The fraction of sp³-hybridized carbons (Fsp3) is 1.00. The fourth-order valence-electron chi connectivity index (χ4n) is 1.10. The second kappa shape index (κ2) is 8.66. The minimum Gasteiger partial charge on any atom is -0.381 e. The Morgan fingerprint density at radius 3 is 1.40 bits per heavy atom. The highest BCUT2D eigenvalue weighted by Gasteiger charge is 2.10. The van der Waals surface area contributed by atoms with E-state index < -0.39 is 0 Å². The SMILES string of the molecule is CC(Cl)C(C)CCOCCC(C)C(C)Cl. The molecule has 4 unspecified atom stereocenters. The first kappa shape index (κ1) is 15.5. The monoisotopic (exact) mass is 254 g/mol. The Morgan fingerprint density at radius 1 is 0.800 bits per heavy atom. The molecular weight excluding hydrogens is 231 g/mol. The van der Waals surface area contributed by atoms with E-state index in [1.807, 2.05) is 13.8 Å². The third-order valence-corrected chi connectivity index (χ3v) is 3.86. The van der Waals surface area contributed by atoms with Crippen LogP contribution in [0, 0.1) is 11.8 Å². The van der Waals surface area contributed by atoms with Crippen LogP contribution in [0.25, 0.3) is 0 Å². The summed E-state index contributed by atoms with van der Waals surface area (Å²) in [5, 5.41) is 0.464. The number of hydrogen-bond donors (Lipinski definition) is 0. The van der Waals surface area contributed by atoms with Crippen LogP contribution in [0.4, 0.5) is 0 Å². The summed E-state index contributed by atoms with van der Waals surface area (Å²) in [5.41, 5.74) is 0. The van der Waals surface area contributed by atoms with Crippen LogP contribution in [0.1, 0.15) is 40.5 Å². The summed E-state index contributed by atoms with van der Waals surface area (Å²) >= 11 is 11.9. The van der Waals surface area contributed by atoms with Crippen LogP contribution in [0.3, 0.4) is 0 Å². The van der Waals surface area contributed by atoms with Crippen molar-refractivity contribution in [3.63, 3.8) is 0 Å². The van der Waals surface area contributed by atoms with Gasteiger partial charge in [0, 0.05) is 24.0 Å². The van der Waals surface area contributed by atoms with Crippen molar-refractivity contribution in [2.75, 3.05) is 13.2 Å². The Kier molecular flexibility index (Phi) is 8.98. The second-order valence-corrected chi connectivity index (χ2v) is 5.88. The molecule has 0 aromatic heterocycles. The van der Waals surface area contributed by atoms with Crippen LogP contribution in [0.15, 0.2) is 0 Å². The lowest BCUT2D eigenvalue weighted by Crippen LogP contribution is -2.13. The Bertz CT molecular complexity index is 133. The molecular formula is C12H24Cl2O. The van der Waals surface area contributed by atoms with Gasteiger partial charge in [0.1, 0.15) is 0 Å². The topological polar surface area (TPSA) is 9.23 Å². The molecule has 15 heavy (non-hydrogen) atoms. The van der Waals surface area contributed by atoms with Crippen LogP contribution >= 0.6 is 23.2 Å². The van der Waals surface area contributed by atoms with Gasteiger partial charge in [0.05, 0.1) is 0 Å². The van der Waals surface area contributed by atoms with Crippen LogP contribution in [-0.4, -0.2) is 24.0 Å². The summed E-state index contributed by atoms with van der Waals surface area (Å²) in [4.78, 5) is 0. The van der Waals surface area contributed by atoms with Crippen molar-refractivity contribution in [2.45, 2.75) is 51.3 Å². The molecule has 0 rings (SSSR count). The summed E-state index contributed by atoms with van der Waals surface area (Å²) in [7, 11) is 0. The third kappa shape index (κ3) is 8.36. The highest BCUT2D eigenvalue weighted by Crippen LogP contribution is 2.15. The van der Waals surface area contributed by atoms with Gasteiger partial charge in [-0.3, -0.25) is 0 Å². The molecule has 4 atom stereocenters. The molecule has 3 heteroatoms. The normalized spacial score (nSPS) is 19.6. The van der Waals surface area contributed by atoms with Gasteiger partial charge < -0.3 is 4.74 Å². The Morgan fingerprint density at radius 2 is 1.13 bits per heavy atom. The molecule has 0 aliphatic carbocycles. The molecule has 0 saturated carbocycles. The van der Waals surface area contributed by atoms with Crippen LogP contribution < -0.4 is 0 Å². The highest BCUT2D eigenvalue weighted by atomic mass is 35.5. The van der Waals surface area contributed by atoms with E-state index in [-0.39, 0.29) is 10.8 Å². The summed E-state index contributed by atoms with van der Waals surface area (Å²) < 4.78 is 5.56. The molecule has 0 amide bonds. The quantitative estimate of drug-likeness (QED) is 0.464. The van der Waals surface area contributed by atoms with E-state index in [0.29, 0.717) is 11.8 Å². The van der Waals surface area contributed by atoms with Gasteiger partial charge in [-0.15, -0.1) is 23.2 Å². The number of halogens is 2. The first-order chi connectivity index (χ1) is 6.95. The molecule has 0 heterocycles. The molecule has 0 radical (unpaired) electrons. The van der Waals surface area contributed by atoms with Gasteiger partial charge in [-0.25, -0.2) is 0 Å². The zero-order chi connectivity index (χ0) is 11.8. The lowest BCUT2D eigenvalue weighted by atomic mass is 10.1. The van der Waals surface area contributed by atoms with Crippen LogP contribution in [0.2, 0.25) is 0 Å². The predicted molar refractivity (Wildman–Crippen MR) is 69.0 cm³/mol. The van der Waals surface area contributed by atoms with Gasteiger partial charge >= 0.3 is 0 Å². The van der Waals surface area contributed by atoms with Crippen molar-refractivity contribution in [3.05, 3.63) is 0 Å². The molecule has 0 N–H and O–H groups in total. The van der Waals surface area contributed by atoms with Gasteiger partial charge in [0.25, 0.3) is 0 Å². The summed E-state index contributed by atoms with van der Waals surface area (Å²) in [5.74, 6) is 1.05. The second-order valence-electron chi connectivity index (χ2n) is 4.50. The standard InChI is InChI=1S/C12H24Cl2O/c1-9(11(3)13)5-7-15-8-6-10(2)12(4)14/h9-12H,5-8H2,1-4H3. The van der Waals surface area contributed by atoms with Crippen molar-refractivity contribution in [2.24, 2.45) is 11.8 Å². The first-order valence-corrected chi connectivity index (χ1v) is 6.68. The summed E-state index contributed by atoms with van der Waals surface area (Å²) in [6.45, 7) is 9.99. The molecule has 0 saturated heterocycles. The number of ether oxygens (including phenoxy) is 1. The largest absolute Gasteiger partial charge is 0.381 e. The van der Waals surface area contributed by atoms with E-state index in [2.05, 4.69) is 13.8 Å². The van der Waals surface area contributed by atoms with Crippen molar-refractivity contribution in [3.8, 4) is 0 Å². The maximum absolute atomic E-state index is 5.96. The van der Waals surface area contributed by atoms with E-state index in [9.17, 15) is 0 Å². The van der Waals surface area contributed by atoms with Crippen molar-refractivity contribution in [1.82, 2.24) is 0 Å². The van der Waals surface area contributed by atoms with Gasteiger partial charge in [-0.1, -0.05) is 13.8 Å². The Labute approximate surface area is 104 Å². The zero-order valence-electron chi connectivity index (χ0n) is 10.3. The van der Waals surface area contributed by atoms with Gasteiger partial charge in [0.2, 0.25) is 0 Å². The lowest BCUT2D eigenvalue weighted by Gasteiger charge is -2.15. The van der Waals surface area contributed by atoms with E-state index in [1.54, 1.807) is 0 Å². The summed E-state index contributed by atoms with van der Waals surface area (Å²) in [6.07, 6.45) is 2.07. The molecule has 92 valence electrons. The molecule has 1 nitrogen and oxygen atoms in total. The van der Waals surface area contributed by atoms with E-state index in [0.717, 1.165) is 26.1 Å². The molecule has 0 aliphatic heterocycles. The smallest absolute Gasteiger partial charge is 0.0469 e. The van der Waals surface area contributed by atoms with Gasteiger partial charge in [-0.2, -0.15) is 0 Å². The minimum atomic E-state index is 0.232. The fourth-order valence-corrected chi connectivity index (χ4v) is 1.35. The third-order valence-electron chi connectivity index (χ3n) is 3.00. The average molecular weight is 255 g/mol. The maximum atomic E-state index is 5.96. The van der Waals surface area contributed by atoms with E-state index >= 15 is 0 Å². The highest BCUT2D eigenvalue weighted by molar-refractivity contribution is 6.20. The van der Waals surface area contributed by atoms with Crippen LogP contribution in [0.5, 0.6) is 0 Å². The predicted octanol–water partition coefficient (Wildman–Crippen LogP) is 4.31. The molecule has 0 aromatic rings. The van der Waals surface area contributed by atoms with E-state index in [1.165, 1.54) is 0 Å². The average Bonchev–Trinajstić information content (AvgIpc) is 2.16. The molecule has 0 aromatic carbocycles. The first-order valence-electron chi connectivity index (χ1n) is 5.81. The van der Waals surface area contributed by atoms with Crippen molar-refractivity contribution >= 4 is 23.2 Å². The zero-order valence-corrected chi connectivity index (χ0v) is 11.8. The minimum absolute atomic E-state index is 0.232. The van der Waals surface area contributed by atoms with Crippen LogP contribution in [-0.2, 0) is 4.74 Å². The molecule has 0 aliphatic rings. The van der Waals surface area contributed by atoms with Gasteiger partial charge in [0.15, 0.2) is 0 Å². The van der Waals surface area contributed by atoms with E-state index in [4.69, 9.17) is 27.9 Å². The van der Waals surface area contributed by atoms with Crippen molar-refractivity contribution in [1.29, 1.82) is 0 Å². The molecule has 0 bridgehead atoms. The number of rotatable bonds is 8. The van der Waals surface area contributed by atoms with Gasteiger partial charge in [-0.05, 0) is 38.5 Å². The number of hydrogen-bond acceptors (Lipinski definition) is 1. The lowest BCUT2D eigenvalue weighted by molar-refractivity contribution is 0.110. The number of alkyl halides is 2.